The molecule has 2 nitrogen and oxygen atoms in total. The van der Waals surface area contributed by atoms with E-state index in [1.165, 1.54) is 27.8 Å². The molecule has 0 aliphatic heterocycles. The molecule has 1 aromatic carbocycles. The molecule has 0 bridgehead atoms. The molecular formula is C11H18N2. The van der Waals surface area contributed by atoms with E-state index >= 15 is 0 Å². The molecule has 0 amide bonds. The van der Waals surface area contributed by atoms with Gasteiger partial charge in [0, 0.05) is 13.1 Å². The van der Waals surface area contributed by atoms with Crippen molar-refractivity contribution in [1.29, 1.82) is 0 Å². The highest BCUT2D eigenvalue weighted by molar-refractivity contribution is 5.44. The van der Waals surface area contributed by atoms with Crippen LogP contribution in [0.4, 0.5) is 0 Å². The Kier molecular flexibility index (Phi) is 3.07. The summed E-state index contributed by atoms with van der Waals surface area (Å²) in [4.78, 5) is 0. The van der Waals surface area contributed by atoms with Crippen LogP contribution in [0.25, 0.3) is 0 Å². The van der Waals surface area contributed by atoms with Gasteiger partial charge in [0.1, 0.15) is 0 Å². The first-order valence-electron chi connectivity index (χ1n) is 4.60. The van der Waals surface area contributed by atoms with E-state index in [0.717, 1.165) is 0 Å². The van der Waals surface area contributed by atoms with Crippen LogP contribution in [0.5, 0.6) is 0 Å². The maximum atomic E-state index is 5.65. The number of benzene rings is 1. The van der Waals surface area contributed by atoms with E-state index in [2.05, 4.69) is 26.8 Å². The number of rotatable bonds is 2. The summed E-state index contributed by atoms with van der Waals surface area (Å²) in [6.07, 6.45) is 0. The summed E-state index contributed by atoms with van der Waals surface area (Å²) in [6, 6.07) is 2.12. The highest BCUT2D eigenvalue weighted by atomic mass is 14.5. The van der Waals surface area contributed by atoms with Crippen molar-refractivity contribution in [1.82, 2.24) is 0 Å². The van der Waals surface area contributed by atoms with E-state index in [1.807, 2.05) is 0 Å². The van der Waals surface area contributed by atoms with Crippen LogP contribution in [0.3, 0.4) is 0 Å². The Morgan fingerprint density at radius 3 is 1.54 bits per heavy atom. The highest BCUT2D eigenvalue weighted by Gasteiger charge is 2.06. The van der Waals surface area contributed by atoms with Gasteiger partial charge in [-0.2, -0.15) is 0 Å². The molecule has 13 heavy (non-hydrogen) atoms. The van der Waals surface area contributed by atoms with Crippen LogP contribution in [0.15, 0.2) is 6.07 Å². The minimum Gasteiger partial charge on any atom is -0.326 e. The Hall–Kier alpha value is -0.860. The summed E-state index contributed by atoms with van der Waals surface area (Å²) in [7, 11) is 0. The number of hydrogen-bond donors (Lipinski definition) is 2. The standard InChI is InChI=1S/C11H18N2/c1-7-8(2)10(5-12)4-11(6-13)9(7)3/h4H,5-6,12-13H2,1-3H3. The molecule has 0 aliphatic rings. The fourth-order valence-corrected chi connectivity index (χ4v) is 1.61. The first-order chi connectivity index (χ1) is 6.11. The van der Waals surface area contributed by atoms with Crippen LogP contribution in [0.1, 0.15) is 27.8 Å². The minimum absolute atomic E-state index is 0.597. The smallest absolute Gasteiger partial charge is 0.0180 e. The van der Waals surface area contributed by atoms with E-state index in [-0.39, 0.29) is 0 Å². The van der Waals surface area contributed by atoms with E-state index < -0.39 is 0 Å². The summed E-state index contributed by atoms with van der Waals surface area (Å²) < 4.78 is 0. The third-order valence-electron chi connectivity index (χ3n) is 2.88. The molecule has 0 radical (unpaired) electrons. The van der Waals surface area contributed by atoms with Crippen molar-refractivity contribution in [3.05, 3.63) is 33.9 Å². The molecule has 0 aromatic heterocycles. The van der Waals surface area contributed by atoms with Crippen molar-refractivity contribution in [2.45, 2.75) is 33.9 Å². The van der Waals surface area contributed by atoms with Crippen LogP contribution < -0.4 is 11.5 Å². The summed E-state index contributed by atoms with van der Waals surface area (Å²) in [5.41, 5.74) is 17.7. The van der Waals surface area contributed by atoms with Gasteiger partial charge in [-0.3, -0.25) is 0 Å². The summed E-state index contributed by atoms with van der Waals surface area (Å²) >= 11 is 0. The van der Waals surface area contributed by atoms with Gasteiger partial charge in [0.05, 0.1) is 0 Å². The predicted octanol–water partition coefficient (Wildman–Crippen LogP) is 1.53. The van der Waals surface area contributed by atoms with Crippen molar-refractivity contribution >= 4 is 0 Å². The Balaban J connectivity index is 3.36. The third kappa shape index (κ3) is 1.74. The van der Waals surface area contributed by atoms with Crippen molar-refractivity contribution in [3.8, 4) is 0 Å². The third-order valence-corrected chi connectivity index (χ3v) is 2.88. The molecule has 4 N–H and O–H groups in total. The Labute approximate surface area is 79.9 Å². The quantitative estimate of drug-likeness (QED) is 0.721. The zero-order chi connectivity index (χ0) is 10.0. The summed E-state index contributed by atoms with van der Waals surface area (Å²) in [6.45, 7) is 7.55. The lowest BCUT2D eigenvalue weighted by Crippen LogP contribution is -2.07. The second-order valence-electron chi connectivity index (χ2n) is 3.48. The molecule has 0 heterocycles. The maximum absolute atomic E-state index is 5.65. The zero-order valence-electron chi connectivity index (χ0n) is 8.65. The lowest BCUT2D eigenvalue weighted by atomic mass is 9.94. The van der Waals surface area contributed by atoms with Crippen molar-refractivity contribution in [3.63, 3.8) is 0 Å². The average molecular weight is 178 g/mol. The Morgan fingerprint density at radius 1 is 0.846 bits per heavy atom. The molecular weight excluding hydrogens is 160 g/mol. The van der Waals surface area contributed by atoms with Crippen LogP contribution in [0, 0.1) is 20.8 Å². The van der Waals surface area contributed by atoms with Crippen LogP contribution in [-0.2, 0) is 13.1 Å². The van der Waals surface area contributed by atoms with Gasteiger partial charge in [0.25, 0.3) is 0 Å². The Morgan fingerprint density at radius 2 is 1.23 bits per heavy atom. The van der Waals surface area contributed by atoms with Gasteiger partial charge in [-0.25, -0.2) is 0 Å². The molecule has 0 saturated heterocycles. The fraction of sp³-hybridized carbons (Fsp3) is 0.455. The first kappa shape index (κ1) is 10.2. The van der Waals surface area contributed by atoms with E-state index in [0.29, 0.717) is 13.1 Å². The normalized spacial score (nSPS) is 10.5. The molecule has 0 fully saturated rings. The molecule has 0 atom stereocenters. The van der Waals surface area contributed by atoms with Crippen molar-refractivity contribution < 1.29 is 0 Å². The topological polar surface area (TPSA) is 52.0 Å². The fourth-order valence-electron chi connectivity index (χ4n) is 1.61. The van der Waals surface area contributed by atoms with Gasteiger partial charge in [-0.1, -0.05) is 6.07 Å². The van der Waals surface area contributed by atoms with Gasteiger partial charge < -0.3 is 11.5 Å². The van der Waals surface area contributed by atoms with Gasteiger partial charge in [-0.15, -0.1) is 0 Å². The predicted molar refractivity (Wildman–Crippen MR) is 56.4 cm³/mol. The zero-order valence-corrected chi connectivity index (χ0v) is 8.65. The lowest BCUT2D eigenvalue weighted by Gasteiger charge is -2.14. The molecule has 0 saturated carbocycles. The van der Waals surface area contributed by atoms with Gasteiger partial charge >= 0.3 is 0 Å². The Bertz CT molecular complexity index is 288. The largest absolute Gasteiger partial charge is 0.326 e. The highest BCUT2D eigenvalue weighted by Crippen LogP contribution is 2.20. The monoisotopic (exact) mass is 178 g/mol. The van der Waals surface area contributed by atoms with Crippen LogP contribution >= 0.6 is 0 Å². The number of hydrogen-bond acceptors (Lipinski definition) is 2. The summed E-state index contributed by atoms with van der Waals surface area (Å²) in [5.74, 6) is 0. The second-order valence-corrected chi connectivity index (χ2v) is 3.48. The van der Waals surface area contributed by atoms with Crippen molar-refractivity contribution in [2.75, 3.05) is 0 Å². The van der Waals surface area contributed by atoms with E-state index in [9.17, 15) is 0 Å². The summed E-state index contributed by atoms with van der Waals surface area (Å²) in [5, 5.41) is 0. The van der Waals surface area contributed by atoms with Gasteiger partial charge in [0.2, 0.25) is 0 Å². The molecule has 1 aromatic rings. The van der Waals surface area contributed by atoms with Crippen LogP contribution in [-0.4, -0.2) is 0 Å². The maximum Gasteiger partial charge on any atom is 0.0180 e. The lowest BCUT2D eigenvalue weighted by molar-refractivity contribution is 0.982. The van der Waals surface area contributed by atoms with E-state index in [4.69, 9.17) is 11.5 Å². The molecule has 0 spiro atoms. The minimum atomic E-state index is 0.597. The van der Waals surface area contributed by atoms with E-state index in [1.54, 1.807) is 0 Å². The molecule has 1 rings (SSSR count). The second kappa shape index (κ2) is 3.90. The number of nitrogens with two attached hydrogens (primary N) is 2. The molecule has 72 valence electrons. The molecule has 0 unspecified atom stereocenters. The van der Waals surface area contributed by atoms with Crippen molar-refractivity contribution in [2.24, 2.45) is 11.5 Å². The average Bonchev–Trinajstić information content (AvgIpc) is 2.15. The van der Waals surface area contributed by atoms with Gasteiger partial charge in [-0.05, 0) is 48.6 Å². The molecule has 2 heteroatoms. The first-order valence-corrected chi connectivity index (χ1v) is 4.60. The molecule has 0 aliphatic carbocycles. The van der Waals surface area contributed by atoms with Crippen LogP contribution in [0.2, 0.25) is 0 Å². The SMILES string of the molecule is Cc1c(CN)cc(CN)c(C)c1C. The van der Waals surface area contributed by atoms with Gasteiger partial charge in [0.15, 0.2) is 0 Å².